The van der Waals surface area contributed by atoms with Gasteiger partial charge in [-0.15, -0.1) is 0 Å². The van der Waals surface area contributed by atoms with Gasteiger partial charge in [0.2, 0.25) is 0 Å². The molecule has 1 aromatic carbocycles. The molecule has 0 bridgehead atoms. The molecule has 6 nitrogen and oxygen atoms in total. The molecule has 0 heterocycles. The number of nitrogens with zero attached hydrogens (tertiary/aromatic N) is 1. The molecule has 0 saturated heterocycles. The van der Waals surface area contributed by atoms with Gasteiger partial charge in [0, 0.05) is 23.7 Å². The van der Waals surface area contributed by atoms with Crippen molar-refractivity contribution in [3.05, 3.63) is 39.4 Å². The SMILES string of the molecule is Cc1ccc([N+](=O)[O-])cc1C(=O)NC1CC(O)C1. The van der Waals surface area contributed by atoms with Gasteiger partial charge in [-0.2, -0.15) is 0 Å². The summed E-state index contributed by atoms with van der Waals surface area (Å²) >= 11 is 0. The molecule has 1 amide bonds. The van der Waals surface area contributed by atoms with E-state index < -0.39 is 4.92 Å². The zero-order valence-corrected chi connectivity index (χ0v) is 9.92. The lowest BCUT2D eigenvalue weighted by Crippen LogP contribution is -2.46. The van der Waals surface area contributed by atoms with E-state index in [9.17, 15) is 14.9 Å². The van der Waals surface area contributed by atoms with Crippen molar-refractivity contribution in [1.29, 1.82) is 0 Å². The zero-order valence-electron chi connectivity index (χ0n) is 9.92. The first-order chi connectivity index (χ1) is 8.47. The number of amides is 1. The maximum absolute atomic E-state index is 11.9. The number of aliphatic hydroxyl groups excluding tert-OH is 1. The highest BCUT2D eigenvalue weighted by molar-refractivity contribution is 5.96. The number of nitro groups is 1. The highest BCUT2D eigenvalue weighted by atomic mass is 16.6. The van der Waals surface area contributed by atoms with E-state index in [1.165, 1.54) is 12.1 Å². The number of carbonyl (C=O) groups is 1. The fraction of sp³-hybridized carbons (Fsp3) is 0.417. The Labute approximate surface area is 104 Å². The van der Waals surface area contributed by atoms with Crippen LogP contribution in [0, 0.1) is 17.0 Å². The first-order valence-corrected chi connectivity index (χ1v) is 5.71. The van der Waals surface area contributed by atoms with Crippen LogP contribution in [0.25, 0.3) is 0 Å². The smallest absolute Gasteiger partial charge is 0.270 e. The van der Waals surface area contributed by atoms with E-state index in [1.54, 1.807) is 13.0 Å². The summed E-state index contributed by atoms with van der Waals surface area (Å²) in [6.45, 7) is 1.73. The van der Waals surface area contributed by atoms with Crippen LogP contribution in [0.15, 0.2) is 18.2 Å². The van der Waals surface area contributed by atoms with E-state index in [0.717, 1.165) is 0 Å². The van der Waals surface area contributed by atoms with Crippen molar-refractivity contribution in [2.75, 3.05) is 0 Å². The molecular weight excluding hydrogens is 236 g/mol. The van der Waals surface area contributed by atoms with Crippen LogP contribution in [0.1, 0.15) is 28.8 Å². The van der Waals surface area contributed by atoms with Crippen molar-refractivity contribution in [3.8, 4) is 0 Å². The summed E-state index contributed by atoms with van der Waals surface area (Å²) in [7, 11) is 0. The summed E-state index contributed by atoms with van der Waals surface area (Å²) in [5.74, 6) is -0.326. The van der Waals surface area contributed by atoms with E-state index in [1.807, 2.05) is 0 Å². The average Bonchev–Trinajstić information content (AvgIpc) is 2.27. The largest absolute Gasteiger partial charge is 0.393 e. The van der Waals surface area contributed by atoms with E-state index in [0.29, 0.717) is 24.0 Å². The molecule has 1 fully saturated rings. The number of rotatable bonds is 3. The Balaban J connectivity index is 2.13. The topological polar surface area (TPSA) is 92.5 Å². The first kappa shape index (κ1) is 12.5. The molecule has 0 unspecified atom stereocenters. The minimum Gasteiger partial charge on any atom is -0.393 e. The molecular formula is C12H14N2O4. The highest BCUT2D eigenvalue weighted by Crippen LogP contribution is 2.21. The van der Waals surface area contributed by atoms with E-state index in [-0.39, 0.29) is 23.7 Å². The van der Waals surface area contributed by atoms with Crippen molar-refractivity contribution in [3.63, 3.8) is 0 Å². The number of nitro benzene ring substituents is 1. The van der Waals surface area contributed by atoms with Crippen LogP contribution in [0.3, 0.4) is 0 Å². The second-order valence-electron chi connectivity index (χ2n) is 4.55. The second kappa shape index (κ2) is 4.73. The lowest BCUT2D eigenvalue weighted by atomic mass is 9.89. The minimum atomic E-state index is -0.524. The molecule has 0 atom stereocenters. The maximum atomic E-state index is 11.9. The van der Waals surface area contributed by atoms with Crippen LogP contribution in [0.5, 0.6) is 0 Å². The molecule has 6 heteroatoms. The van der Waals surface area contributed by atoms with E-state index in [4.69, 9.17) is 5.11 Å². The Morgan fingerprint density at radius 3 is 2.72 bits per heavy atom. The number of non-ortho nitro benzene ring substituents is 1. The van der Waals surface area contributed by atoms with Gasteiger partial charge in [-0.25, -0.2) is 0 Å². The third-order valence-corrected chi connectivity index (χ3v) is 3.13. The normalized spacial score (nSPS) is 22.1. The summed E-state index contributed by atoms with van der Waals surface area (Å²) < 4.78 is 0. The molecule has 0 aliphatic heterocycles. The van der Waals surface area contributed by atoms with Crippen molar-refractivity contribution >= 4 is 11.6 Å². The molecule has 1 saturated carbocycles. The van der Waals surface area contributed by atoms with Crippen molar-refractivity contribution in [2.45, 2.75) is 31.9 Å². The lowest BCUT2D eigenvalue weighted by molar-refractivity contribution is -0.384. The Morgan fingerprint density at radius 1 is 1.50 bits per heavy atom. The first-order valence-electron chi connectivity index (χ1n) is 5.71. The summed E-state index contributed by atoms with van der Waals surface area (Å²) in [4.78, 5) is 22.1. The predicted octanol–water partition coefficient (Wildman–Crippen LogP) is 1.16. The molecule has 2 rings (SSSR count). The van der Waals surface area contributed by atoms with E-state index >= 15 is 0 Å². The summed E-state index contributed by atoms with van der Waals surface area (Å²) in [6.07, 6.45) is 0.737. The van der Waals surface area contributed by atoms with Crippen LogP contribution in [0.4, 0.5) is 5.69 Å². The number of aliphatic hydroxyl groups is 1. The van der Waals surface area contributed by atoms with Crippen molar-refractivity contribution in [1.82, 2.24) is 5.32 Å². The highest BCUT2D eigenvalue weighted by Gasteiger charge is 2.29. The number of carbonyl (C=O) groups excluding carboxylic acids is 1. The third kappa shape index (κ3) is 2.48. The average molecular weight is 250 g/mol. The number of hydrogen-bond acceptors (Lipinski definition) is 4. The zero-order chi connectivity index (χ0) is 13.3. The fourth-order valence-corrected chi connectivity index (χ4v) is 1.94. The Bertz CT molecular complexity index is 495. The second-order valence-corrected chi connectivity index (χ2v) is 4.55. The number of benzene rings is 1. The van der Waals surface area contributed by atoms with Gasteiger partial charge in [-0.3, -0.25) is 14.9 Å². The third-order valence-electron chi connectivity index (χ3n) is 3.13. The van der Waals surface area contributed by atoms with Crippen molar-refractivity contribution in [2.24, 2.45) is 0 Å². The minimum absolute atomic E-state index is 0.0360. The van der Waals surface area contributed by atoms with Crippen LogP contribution in [0.2, 0.25) is 0 Å². The molecule has 2 N–H and O–H groups in total. The molecule has 96 valence electrons. The predicted molar refractivity (Wildman–Crippen MR) is 64.3 cm³/mol. The van der Waals surface area contributed by atoms with E-state index in [2.05, 4.69) is 5.32 Å². The quantitative estimate of drug-likeness (QED) is 0.621. The van der Waals surface area contributed by atoms with Gasteiger partial charge in [-0.1, -0.05) is 6.07 Å². The molecule has 18 heavy (non-hydrogen) atoms. The Kier molecular flexibility index (Phi) is 3.29. The molecule has 1 aliphatic carbocycles. The van der Waals surface area contributed by atoms with Gasteiger partial charge in [-0.05, 0) is 25.3 Å². The van der Waals surface area contributed by atoms with Crippen LogP contribution < -0.4 is 5.32 Å². The Hall–Kier alpha value is -1.95. The summed E-state index contributed by atoms with van der Waals surface area (Å²) in [5, 5.41) is 22.5. The number of nitrogens with one attached hydrogen (secondary N) is 1. The monoisotopic (exact) mass is 250 g/mol. The van der Waals surface area contributed by atoms with Gasteiger partial charge in [0.25, 0.3) is 11.6 Å². The molecule has 0 radical (unpaired) electrons. The standard InChI is InChI=1S/C12H14N2O4/c1-7-2-3-9(14(17)18)6-11(7)12(16)13-8-4-10(15)5-8/h2-3,6,8,10,15H,4-5H2,1H3,(H,13,16). The number of hydrogen-bond donors (Lipinski definition) is 2. The van der Waals surface area contributed by atoms with Gasteiger partial charge in [0.05, 0.1) is 11.0 Å². The van der Waals surface area contributed by atoms with Gasteiger partial charge in [0.15, 0.2) is 0 Å². The van der Waals surface area contributed by atoms with Crippen molar-refractivity contribution < 1.29 is 14.8 Å². The summed E-state index contributed by atoms with van der Waals surface area (Å²) in [5.41, 5.74) is 0.906. The molecule has 1 aliphatic rings. The number of aryl methyl sites for hydroxylation is 1. The van der Waals surface area contributed by atoms with Gasteiger partial charge >= 0.3 is 0 Å². The Morgan fingerprint density at radius 2 is 2.17 bits per heavy atom. The lowest BCUT2D eigenvalue weighted by Gasteiger charge is -2.32. The summed E-state index contributed by atoms with van der Waals surface area (Å²) in [6, 6.07) is 4.17. The fourth-order valence-electron chi connectivity index (χ4n) is 1.94. The van der Waals surface area contributed by atoms with Gasteiger partial charge in [0.1, 0.15) is 0 Å². The van der Waals surface area contributed by atoms with Gasteiger partial charge < -0.3 is 10.4 Å². The van der Waals surface area contributed by atoms with Crippen LogP contribution >= 0.6 is 0 Å². The molecule has 0 spiro atoms. The van der Waals surface area contributed by atoms with Crippen LogP contribution in [-0.2, 0) is 0 Å². The van der Waals surface area contributed by atoms with Crippen LogP contribution in [-0.4, -0.2) is 28.1 Å². The molecule has 1 aromatic rings. The molecule has 0 aromatic heterocycles. The maximum Gasteiger partial charge on any atom is 0.270 e.